The number of ether oxygens (including phenoxy) is 2. The van der Waals surface area contributed by atoms with E-state index in [1.165, 1.54) is 0 Å². The van der Waals surface area contributed by atoms with Crippen LogP contribution in [0.5, 0.6) is 0 Å². The van der Waals surface area contributed by atoms with Crippen LogP contribution in [0.1, 0.15) is 80.1 Å². The minimum atomic E-state index is -0.720. The van der Waals surface area contributed by atoms with Crippen molar-refractivity contribution in [2.24, 2.45) is 9.98 Å². The molecule has 1 heterocycles. The number of alkyl carbamates (subject to hydrolysis) is 2. The largest absolute Gasteiger partial charge is 0.444 e. The first-order valence-electron chi connectivity index (χ1n) is 12.9. The summed E-state index contributed by atoms with van der Waals surface area (Å²) < 4.78 is 10.5. The molecular formula is C24H44N8O6. The molecule has 0 spiro atoms. The van der Waals surface area contributed by atoms with Gasteiger partial charge in [-0.05, 0) is 80.1 Å². The van der Waals surface area contributed by atoms with E-state index in [9.17, 15) is 19.2 Å². The first-order valence-corrected chi connectivity index (χ1v) is 12.9. The third-order valence-corrected chi connectivity index (χ3v) is 4.48. The molecular weight excluding hydrogens is 496 g/mol. The maximum atomic E-state index is 12.3. The standard InChI is InChI=1S/C24H44N8O6/c1-23(2,3)37-21(35)31-17-25-13-9-7-11-16-28-20(34)30-18(32-22(36)38-24(4,5)6)26-14-10-8-12-15-27-19(33)29-17/h7-16H2,1-6H3,(H3,25,27,29,31,33,35)(H3,26,28,30,32,34,36). The van der Waals surface area contributed by atoms with Crippen LogP contribution in [0.2, 0.25) is 0 Å². The number of nitrogens with one attached hydrogen (secondary N) is 6. The molecule has 0 bridgehead atoms. The molecule has 38 heavy (non-hydrogen) atoms. The van der Waals surface area contributed by atoms with Crippen molar-refractivity contribution in [1.82, 2.24) is 31.9 Å². The maximum Gasteiger partial charge on any atom is 0.414 e. The number of rotatable bonds is 0. The number of guanidine groups is 2. The second-order valence-corrected chi connectivity index (χ2v) is 10.6. The highest BCUT2D eigenvalue weighted by molar-refractivity contribution is 6.03. The summed E-state index contributed by atoms with van der Waals surface area (Å²) in [6.07, 6.45) is 2.65. The Morgan fingerprint density at radius 1 is 0.658 bits per heavy atom. The van der Waals surface area contributed by atoms with E-state index in [4.69, 9.17) is 9.47 Å². The normalized spacial score (nSPS) is 17.6. The lowest BCUT2D eigenvalue weighted by atomic mass is 10.2. The number of hydrogen-bond donors (Lipinski definition) is 6. The van der Waals surface area contributed by atoms with E-state index >= 15 is 0 Å². The predicted molar refractivity (Wildman–Crippen MR) is 144 cm³/mol. The summed E-state index contributed by atoms with van der Waals surface area (Å²) in [5.74, 6) is 0.00558. The van der Waals surface area contributed by atoms with Crippen molar-refractivity contribution in [3.8, 4) is 0 Å². The first-order chi connectivity index (χ1) is 17.7. The van der Waals surface area contributed by atoms with Crippen LogP contribution in [0.25, 0.3) is 0 Å². The van der Waals surface area contributed by atoms with Crippen molar-refractivity contribution in [3.63, 3.8) is 0 Å². The fourth-order valence-electron chi connectivity index (χ4n) is 2.94. The van der Waals surface area contributed by atoms with Gasteiger partial charge in [-0.3, -0.25) is 31.3 Å². The van der Waals surface area contributed by atoms with Gasteiger partial charge >= 0.3 is 24.2 Å². The molecule has 0 aromatic rings. The van der Waals surface area contributed by atoms with E-state index in [2.05, 4.69) is 41.9 Å². The van der Waals surface area contributed by atoms with Gasteiger partial charge in [0.2, 0.25) is 11.9 Å². The Kier molecular flexibility index (Phi) is 13.9. The van der Waals surface area contributed by atoms with Gasteiger partial charge in [0.1, 0.15) is 11.2 Å². The van der Waals surface area contributed by atoms with Crippen molar-refractivity contribution < 1.29 is 28.7 Å². The Labute approximate surface area is 224 Å². The van der Waals surface area contributed by atoms with Crippen molar-refractivity contribution in [1.29, 1.82) is 0 Å². The maximum absolute atomic E-state index is 12.3. The van der Waals surface area contributed by atoms with Crippen molar-refractivity contribution in [2.45, 2.75) is 91.3 Å². The molecule has 0 unspecified atom stereocenters. The molecule has 1 rings (SSSR count). The van der Waals surface area contributed by atoms with Crippen LogP contribution in [0, 0.1) is 0 Å². The number of carbonyl (C=O) groups is 4. The number of carbonyl (C=O) groups excluding carboxylic acids is 4. The second kappa shape index (κ2) is 16.3. The molecule has 1 aliphatic heterocycles. The third-order valence-electron chi connectivity index (χ3n) is 4.48. The Hall–Kier alpha value is -3.58. The van der Waals surface area contributed by atoms with Gasteiger partial charge in [0.05, 0.1) is 0 Å². The van der Waals surface area contributed by atoms with Crippen LogP contribution >= 0.6 is 0 Å². The molecule has 0 aliphatic carbocycles. The Morgan fingerprint density at radius 3 is 1.37 bits per heavy atom. The highest BCUT2D eigenvalue weighted by Gasteiger charge is 2.19. The fraction of sp³-hybridized carbons (Fsp3) is 0.750. The van der Waals surface area contributed by atoms with Crippen LogP contribution in [0.15, 0.2) is 9.98 Å². The van der Waals surface area contributed by atoms with E-state index in [0.29, 0.717) is 51.9 Å². The fourth-order valence-corrected chi connectivity index (χ4v) is 2.94. The van der Waals surface area contributed by atoms with Crippen LogP contribution < -0.4 is 31.9 Å². The quantitative estimate of drug-likeness (QED) is 0.274. The molecule has 0 atom stereocenters. The molecule has 0 saturated heterocycles. The zero-order chi connectivity index (χ0) is 28.6. The Bertz CT molecular complexity index is 791. The number of aliphatic imine (C=N–C) groups is 2. The average Bonchev–Trinajstić information content (AvgIpc) is 2.74. The average molecular weight is 541 g/mol. The number of nitrogens with zero attached hydrogens (tertiary/aromatic N) is 2. The monoisotopic (exact) mass is 540 g/mol. The summed E-state index contributed by atoms with van der Waals surface area (Å²) in [7, 11) is 0. The summed E-state index contributed by atoms with van der Waals surface area (Å²) in [5, 5.41) is 15.5. The van der Waals surface area contributed by atoms with Gasteiger partial charge in [0.15, 0.2) is 0 Å². The third kappa shape index (κ3) is 17.8. The second-order valence-electron chi connectivity index (χ2n) is 10.6. The van der Waals surface area contributed by atoms with Crippen LogP contribution in [0.4, 0.5) is 19.2 Å². The van der Waals surface area contributed by atoms with E-state index in [0.717, 1.165) is 12.8 Å². The molecule has 1 aliphatic rings. The minimum absolute atomic E-state index is 0.00279. The van der Waals surface area contributed by atoms with E-state index in [-0.39, 0.29) is 11.9 Å². The van der Waals surface area contributed by atoms with Gasteiger partial charge in [-0.2, -0.15) is 0 Å². The summed E-state index contributed by atoms with van der Waals surface area (Å²) in [6, 6.07) is -0.994. The summed E-state index contributed by atoms with van der Waals surface area (Å²) >= 11 is 0. The molecule has 6 N–H and O–H groups in total. The summed E-state index contributed by atoms with van der Waals surface area (Å²) in [5.41, 5.74) is -1.40. The molecule has 0 saturated carbocycles. The summed E-state index contributed by atoms with van der Waals surface area (Å²) in [4.78, 5) is 57.4. The van der Waals surface area contributed by atoms with Crippen LogP contribution in [-0.4, -0.2) is 73.5 Å². The van der Waals surface area contributed by atoms with Crippen LogP contribution in [0.3, 0.4) is 0 Å². The number of hydrogen-bond acceptors (Lipinski definition) is 8. The van der Waals surface area contributed by atoms with E-state index in [1.807, 2.05) is 0 Å². The van der Waals surface area contributed by atoms with Gasteiger partial charge in [-0.15, -0.1) is 0 Å². The molecule has 14 nitrogen and oxygen atoms in total. The Morgan fingerprint density at radius 2 is 1.03 bits per heavy atom. The van der Waals surface area contributed by atoms with Crippen LogP contribution in [-0.2, 0) is 9.47 Å². The predicted octanol–water partition coefficient (Wildman–Crippen LogP) is 2.70. The van der Waals surface area contributed by atoms with Gasteiger partial charge in [0, 0.05) is 26.2 Å². The van der Waals surface area contributed by atoms with Crippen molar-refractivity contribution in [2.75, 3.05) is 26.2 Å². The van der Waals surface area contributed by atoms with Crippen molar-refractivity contribution >= 4 is 36.2 Å². The SMILES string of the molecule is CC(C)(C)OC(=O)NC1=NCCCCCNC(=O)NC(NC(=O)OC(C)(C)C)=NCCCCCNC(=O)N1. The smallest absolute Gasteiger partial charge is 0.414 e. The Balaban J connectivity index is 2.75. The lowest BCUT2D eigenvalue weighted by Gasteiger charge is -2.20. The number of urea groups is 2. The molecule has 0 radical (unpaired) electrons. The molecule has 14 heteroatoms. The van der Waals surface area contributed by atoms with Crippen molar-refractivity contribution in [3.05, 3.63) is 0 Å². The zero-order valence-electron chi connectivity index (χ0n) is 23.4. The van der Waals surface area contributed by atoms with E-state index < -0.39 is 35.5 Å². The van der Waals surface area contributed by atoms with E-state index in [1.54, 1.807) is 41.5 Å². The number of amides is 6. The lowest BCUT2D eigenvalue weighted by molar-refractivity contribution is 0.0549. The summed E-state index contributed by atoms with van der Waals surface area (Å²) in [6.45, 7) is 11.9. The molecule has 0 aromatic carbocycles. The molecule has 6 amide bonds. The highest BCUT2D eigenvalue weighted by atomic mass is 16.6. The first kappa shape index (κ1) is 32.4. The molecule has 0 aromatic heterocycles. The van der Waals surface area contributed by atoms with Gasteiger partial charge < -0.3 is 20.1 Å². The van der Waals surface area contributed by atoms with Gasteiger partial charge in [-0.1, -0.05) is 0 Å². The van der Waals surface area contributed by atoms with Gasteiger partial charge in [0.25, 0.3) is 0 Å². The minimum Gasteiger partial charge on any atom is -0.444 e. The highest BCUT2D eigenvalue weighted by Crippen LogP contribution is 2.07. The lowest BCUT2D eigenvalue weighted by Crippen LogP contribution is -2.49. The molecule has 216 valence electrons. The topological polar surface area (TPSA) is 184 Å². The zero-order valence-corrected chi connectivity index (χ0v) is 23.4. The molecule has 0 fully saturated rings. The van der Waals surface area contributed by atoms with Gasteiger partial charge in [-0.25, -0.2) is 19.2 Å².